The minimum atomic E-state index is -4.49. The normalized spacial score (nSPS) is 10.9. The first-order chi connectivity index (χ1) is 9.40. The molecule has 0 aromatic heterocycles. The summed E-state index contributed by atoms with van der Waals surface area (Å²) in [4.78, 5) is 0. The van der Waals surface area contributed by atoms with Gasteiger partial charge in [0.15, 0.2) is 0 Å². The minimum Gasteiger partial charge on any atom is -0.456 e. The topological polar surface area (TPSA) is 59.0 Å². The summed E-state index contributed by atoms with van der Waals surface area (Å²) < 4.78 is 43.0. The highest BCUT2D eigenvalue weighted by molar-refractivity contribution is 5.49. The molecule has 0 amide bonds. The number of anilines is 1. The van der Waals surface area contributed by atoms with E-state index in [2.05, 4.69) is 0 Å². The molecule has 0 radical (unpaired) electrons. The van der Waals surface area contributed by atoms with E-state index in [9.17, 15) is 13.2 Å². The zero-order valence-electron chi connectivity index (χ0n) is 10.1. The van der Waals surface area contributed by atoms with E-state index in [0.717, 1.165) is 18.2 Å². The number of nitrogen functional groups attached to an aromatic ring is 1. The van der Waals surface area contributed by atoms with Crippen molar-refractivity contribution in [2.75, 3.05) is 5.73 Å². The maximum absolute atomic E-state index is 12.5. The molecule has 0 saturated carbocycles. The number of ether oxygens (including phenoxy) is 1. The number of alkyl halides is 3. The summed E-state index contributed by atoms with van der Waals surface area (Å²) in [6.45, 7) is 0. The predicted octanol–water partition coefficient (Wildman–Crippen LogP) is 3.95. The maximum atomic E-state index is 12.5. The lowest BCUT2D eigenvalue weighted by Gasteiger charge is -2.11. The second-order valence-corrected chi connectivity index (χ2v) is 3.99. The van der Waals surface area contributed by atoms with Crippen molar-refractivity contribution in [3.05, 3.63) is 53.6 Å². The van der Waals surface area contributed by atoms with Gasteiger partial charge in [-0.05, 0) is 42.5 Å². The lowest BCUT2D eigenvalue weighted by molar-refractivity contribution is -0.137. The highest BCUT2D eigenvalue weighted by atomic mass is 19.4. The van der Waals surface area contributed by atoms with Crippen molar-refractivity contribution >= 4 is 5.69 Å². The number of benzene rings is 2. The fourth-order valence-corrected chi connectivity index (χ4v) is 1.55. The van der Waals surface area contributed by atoms with Gasteiger partial charge in [-0.15, -0.1) is 0 Å². The number of hydrogen-bond donors (Lipinski definition) is 1. The quantitative estimate of drug-likeness (QED) is 0.846. The molecule has 102 valence electrons. The molecule has 2 N–H and O–H groups in total. The van der Waals surface area contributed by atoms with Gasteiger partial charge in [-0.2, -0.15) is 18.4 Å². The van der Waals surface area contributed by atoms with Crippen LogP contribution in [-0.4, -0.2) is 0 Å². The van der Waals surface area contributed by atoms with Crippen molar-refractivity contribution in [2.45, 2.75) is 6.18 Å². The highest BCUT2D eigenvalue weighted by Crippen LogP contribution is 2.33. The number of halogens is 3. The average Bonchev–Trinajstić information content (AvgIpc) is 2.40. The Morgan fingerprint density at radius 1 is 1.05 bits per heavy atom. The molecule has 0 atom stereocenters. The summed E-state index contributed by atoms with van der Waals surface area (Å²) in [5.74, 6) is 0.445. The van der Waals surface area contributed by atoms with Crippen LogP contribution in [0.4, 0.5) is 18.9 Å². The van der Waals surface area contributed by atoms with Crippen molar-refractivity contribution in [3.63, 3.8) is 0 Å². The third kappa shape index (κ3) is 3.01. The van der Waals surface area contributed by atoms with E-state index in [1.807, 2.05) is 0 Å². The van der Waals surface area contributed by atoms with Gasteiger partial charge in [0.05, 0.1) is 11.1 Å². The fourth-order valence-electron chi connectivity index (χ4n) is 1.55. The first kappa shape index (κ1) is 13.7. The lowest BCUT2D eigenvalue weighted by atomic mass is 10.1. The monoisotopic (exact) mass is 278 g/mol. The SMILES string of the molecule is N#Cc1cc(C(F)(F)F)ccc1Oc1ccc(N)cc1. The van der Waals surface area contributed by atoms with E-state index in [0.29, 0.717) is 11.4 Å². The van der Waals surface area contributed by atoms with E-state index in [1.165, 1.54) is 0 Å². The van der Waals surface area contributed by atoms with Crippen LogP contribution in [0.2, 0.25) is 0 Å². The Kier molecular flexibility index (Phi) is 3.53. The van der Waals surface area contributed by atoms with Crippen molar-refractivity contribution in [1.29, 1.82) is 5.26 Å². The number of nitrogens with zero attached hydrogens (tertiary/aromatic N) is 1. The van der Waals surface area contributed by atoms with Gasteiger partial charge in [0.25, 0.3) is 0 Å². The third-order valence-electron chi connectivity index (χ3n) is 2.54. The van der Waals surface area contributed by atoms with Crippen LogP contribution in [-0.2, 0) is 6.18 Å². The van der Waals surface area contributed by atoms with Crippen LogP contribution in [0.1, 0.15) is 11.1 Å². The summed E-state index contributed by atoms with van der Waals surface area (Å²) in [7, 11) is 0. The van der Waals surface area contributed by atoms with E-state index >= 15 is 0 Å². The Morgan fingerprint density at radius 3 is 2.25 bits per heavy atom. The number of hydrogen-bond acceptors (Lipinski definition) is 3. The molecule has 20 heavy (non-hydrogen) atoms. The average molecular weight is 278 g/mol. The van der Waals surface area contributed by atoms with Gasteiger partial charge in [0, 0.05) is 5.69 Å². The second-order valence-electron chi connectivity index (χ2n) is 3.99. The van der Waals surface area contributed by atoms with Gasteiger partial charge >= 0.3 is 6.18 Å². The summed E-state index contributed by atoms with van der Waals surface area (Å²) in [5.41, 5.74) is 4.97. The Bertz CT molecular complexity index is 658. The second kappa shape index (κ2) is 5.13. The standard InChI is InChI=1S/C14H9F3N2O/c15-14(16,17)10-1-6-13(9(7-10)8-18)20-12-4-2-11(19)3-5-12/h1-7H,19H2. The maximum Gasteiger partial charge on any atom is 0.416 e. The van der Waals surface area contributed by atoms with Crippen LogP contribution < -0.4 is 10.5 Å². The smallest absolute Gasteiger partial charge is 0.416 e. The van der Waals surface area contributed by atoms with E-state index in [-0.39, 0.29) is 11.3 Å². The number of rotatable bonds is 2. The van der Waals surface area contributed by atoms with E-state index < -0.39 is 11.7 Å². The van der Waals surface area contributed by atoms with Crippen molar-refractivity contribution in [2.24, 2.45) is 0 Å². The molecule has 0 unspecified atom stereocenters. The molecule has 0 aliphatic rings. The largest absolute Gasteiger partial charge is 0.456 e. The molecule has 2 aromatic carbocycles. The molecule has 3 nitrogen and oxygen atoms in total. The Labute approximate surface area is 113 Å². The van der Waals surface area contributed by atoms with Gasteiger partial charge in [-0.1, -0.05) is 0 Å². The highest BCUT2D eigenvalue weighted by Gasteiger charge is 2.31. The molecule has 6 heteroatoms. The van der Waals surface area contributed by atoms with Crippen LogP contribution in [0.3, 0.4) is 0 Å². The molecule has 0 heterocycles. The summed E-state index contributed by atoms with van der Waals surface area (Å²) >= 11 is 0. The molecule has 0 spiro atoms. The van der Waals surface area contributed by atoms with Gasteiger partial charge in [0.2, 0.25) is 0 Å². The van der Waals surface area contributed by atoms with Crippen LogP contribution in [0, 0.1) is 11.3 Å². The van der Waals surface area contributed by atoms with Crippen LogP contribution >= 0.6 is 0 Å². The predicted molar refractivity (Wildman–Crippen MR) is 67.1 cm³/mol. The molecule has 0 aliphatic carbocycles. The number of nitrogens with two attached hydrogens (primary N) is 1. The molecule has 0 aliphatic heterocycles. The zero-order valence-corrected chi connectivity index (χ0v) is 10.1. The Morgan fingerprint density at radius 2 is 1.70 bits per heavy atom. The van der Waals surface area contributed by atoms with E-state index in [4.69, 9.17) is 15.7 Å². The van der Waals surface area contributed by atoms with Crippen LogP contribution in [0.25, 0.3) is 0 Å². The minimum absolute atomic E-state index is 0.0604. The summed E-state index contributed by atoms with van der Waals surface area (Å²) in [6, 6.07) is 10.7. The summed E-state index contributed by atoms with van der Waals surface area (Å²) in [6.07, 6.45) is -4.49. The summed E-state index contributed by atoms with van der Waals surface area (Å²) in [5, 5.41) is 8.91. The van der Waals surface area contributed by atoms with Gasteiger partial charge in [0.1, 0.15) is 17.6 Å². The van der Waals surface area contributed by atoms with Crippen LogP contribution in [0.5, 0.6) is 11.5 Å². The molecule has 2 aromatic rings. The lowest BCUT2D eigenvalue weighted by Crippen LogP contribution is -2.05. The molecular weight excluding hydrogens is 269 g/mol. The Balaban J connectivity index is 2.33. The molecule has 0 saturated heterocycles. The van der Waals surface area contributed by atoms with Gasteiger partial charge in [-0.25, -0.2) is 0 Å². The van der Waals surface area contributed by atoms with Crippen molar-refractivity contribution in [1.82, 2.24) is 0 Å². The third-order valence-corrected chi connectivity index (χ3v) is 2.54. The zero-order chi connectivity index (χ0) is 14.8. The molecule has 0 bridgehead atoms. The molecule has 2 rings (SSSR count). The first-order valence-corrected chi connectivity index (χ1v) is 5.55. The van der Waals surface area contributed by atoms with Gasteiger partial charge in [-0.3, -0.25) is 0 Å². The first-order valence-electron chi connectivity index (χ1n) is 5.55. The van der Waals surface area contributed by atoms with Gasteiger partial charge < -0.3 is 10.5 Å². The van der Waals surface area contributed by atoms with Crippen molar-refractivity contribution in [3.8, 4) is 17.6 Å². The fraction of sp³-hybridized carbons (Fsp3) is 0.0714. The van der Waals surface area contributed by atoms with Crippen LogP contribution in [0.15, 0.2) is 42.5 Å². The van der Waals surface area contributed by atoms with E-state index in [1.54, 1.807) is 30.3 Å². The molecular formula is C14H9F3N2O. The Hall–Kier alpha value is -2.68. The molecule has 0 fully saturated rings. The number of nitriles is 1. The van der Waals surface area contributed by atoms with Crippen molar-refractivity contribution < 1.29 is 17.9 Å².